The average Bonchev–Trinajstić information content (AvgIpc) is 2.56. The topological polar surface area (TPSA) is 69.9 Å². The van der Waals surface area contributed by atoms with Gasteiger partial charge in [0.15, 0.2) is 8.15 Å². The maximum absolute atomic E-state index is 10.4. The molecule has 0 aliphatic carbocycles. The SMILES string of the molecule is Oc1ccc(O)c(P2Oc3ccccc3-c3cccc(O)c32)c1. The van der Waals surface area contributed by atoms with Gasteiger partial charge in [-0.25, -0.2) is 0 Å². The van der Waals surface area contributed by atoms with E-state index in [1.807, 2.05) is 30.3 Å². The Morgan fingerprint density at radius 1 is 0.739 bits per heavy atom. The molecular weight excluding hydrogens is 311 g/mol. The van der Waals surface area contributed by atoms with Gasteiger partial charge in [0.05, 0.1) is 10.6 Å². The highest BCUT2D eigenvalue weighted by atomic mass is 31.1. The Kier molecular flexibility index (Phi) is 3.14. The molecule has 3 aromatic rings. The van der Waals surface area contributed by atoms with E-state index in [1.54, 1.807) is 12.1 Å². The Bertz CT molecular complexity index is 907. The molecule has 4 rings (SSSR count). The molecule has 1 aliphatic heterocycles. The fourth-order valence-electron chi connectivity index (χ4n) is 2.72. The van der Waals surface area contributed by atoms with Gasteiger partial charge in [-0.15, -0.1) is 0 Å². The van der Waals surface area contributed by atoms with E-state index in [1.165, 1.54) is 18.2 Å². The highest BCUT2D eigenvalue weighted by Crippen LogP contribution is 2.51. The van der Waals surface area contributed by atoms with E-state index in [-0.39, 0.29) is 17.2 Å². The van der Waals surface area contributed by atoms with Crippen LogP contribution in [0.25, 0.3) is 11.1 Å². The zero-order chi connectivity index (χ0) is 16.0. The molecule has 0 amide bonds. The van der Waals surface area contributed by atoms with E-state index in [4.69, 9.17) is 4.52 Å². The Labute approximate surface area is 134 Å². The lowest BCUT2D eigenvalue weighted by molar-refractivity contribution is 0.463. The predicted octanol–water partition coefficient (Wildman–Crippen LogP) is 3.21. The Morgan fingerprint density at radius 2 is 1.52 bits per heavy atom. The van der Waals surface area contributed by atoms with Gasteiger partial charge in [-0.3, -0.25) is 0 Å². The number of para-hydroxylation sites is 1. The van der Waals surface area contributed by atoms with Crippen LogP contribution in [-0.2, 0) is 0 Å². The van der Waals surface area contributed by atoms with Crippen LogP contribution in [0, 0.1) is 0 Å². The summed E-state index contributed by atoms with van der Waals surface area (Å²) >= 11 is 0. The minimum absolute atomic E-state index is 0.0301. The van der Waals surface area contributed by atoms with Gasteiger partial charge in [0.25, 0.3) is 0 Å². The molecule has 3 N–H and O–H groups in total. The monoisotopic (exact) mass is 324 g/mol. The van der Waals surface area contributed by atoms with Crippen molar-refractivity contribution in [3.63, 3.8) is 0 Å². The lowest BCUT2D eigenvalue weighted by Crippen LogP contribution is -2.22. The molecule has 0 fully saturated rings. The van der Waals surface area contributed by atoms with Crippen LogP contribution in [0.5, 0.6) is 23.0 Å². The van der Waals surface area contributed by atoms with Crippen LogP contribution < -0.4 is 15.1 Å². The second-order valence-corrected chi connectivity index (χ2v) is 6.93. The van der Waals surface area contributed by atoms with Gasteiger partial charge in [-0.2, -0.15) is 0 Å². The van der Waals surface area contributed by atoms with E-state index in [9.17, 15) is 15.3 Å². The Hall–Kier alpha value is -2.71. The molecule has 0 spiro atoms. The van der Waals surface area contributed by atoms with Gasteiger partial charge in [0.1, 0.15) is 23.0 Å². The quantitative estimate of drug-likeness (QED) is 0.475. The lowest BCUT2D eigenvalue weighted by atomic mass is 10.0. The molecule has 114 valence electrons. The minimum atomic E-state index is -1.49. The van der Waals surface area contributed by atoms with Gasteiger partial charge < -0.3 is 19.8 Å². The van der Waals surface area contributed by atoms with Crippen LogP contribution in [-0.4, -0.2) is 15.3 Å². The third-order valence-corrected chi connectivity index (χ3v) is 5.81. The molecule has 1 aliphatic rings. The van der Waals surface area contributed by atoms with E-state index in [0.29, 0.717) is 16.4 Å². The van der Waals surface area contributed by atoms with E-state index in [2.05, 4.69) is 0 Å². The maximum atomic E-state index is 10.4. The molecule has 0 aromatic heterocycles. The molecule has 1 atom stereocenters. The molecule has 0 radical (unpaired) electrons. The zero-order valence-corrected chi connectivity index (χ0v) is 12.9. The van der Waals surface area contributed by atoms with Gasteiger partial charge in [-0.1, -0.05) is 30.3 Å². The van der Waals surface area contributed by atoms with Crippen molar-refractivity contribution in [3.05, 3.63) is 60.7 Å². The Balaban J connectivity index is 1.99. The highest BCUT2D eigenvalue weighted by Gasteiger charge is 2.32. The van der Waals surface area contributed by atoms with Gasteiger partial charge in [-0.05, 0) is 30.3 Å². The molecule has 4 nitrogen and oxygen atoms in total. The third kappa shape index (κ3) is 2.19. The van der Waals surface area contributed by atoms with E-state index >= 15 is 0 Å². The minimum Gasteiger partial charge on any atom is -0.508 e. The van der Waals surface area contributed by atoms with Crippen LogP contribution in [0.4, 0.5) is 0 Å². The molecule has 23 heavy (non-hydrogen) atoms. The summed E-state index contributed by atoms with van der Waals surface area (Å²) in [5.41, 5.74) is 1.78. The third-order valence-electron chi connectivity index (χ3n) is 3.76. The number of benzene rings is 3. The van der Waals surface area contributed by atoms with Crippen molar-refractivity contribution in [2.45, 2.75) is 0 Å². The first-order valence-corrected chi connectivity index (χ1v) is 8.32. The molecule has 5 heteroatoms. The first kappa shape index (κ1) is 13.9. The summed E-state index contributed by atoms with van der Waals surface area (Å²) in [6, 6.07) is 17.2. The second kappa shape index (κ2) is 5.18. The van der Waals surface area contributed by atoms with Crippen LogP contribution in [0.1, 0.15) is 0 Å². The van der Waals surface area contributed by atoms with Crippen molar-refractivity contribution < 1.29 is 19.8 Å². The summed E-state index contributed by atoms with van der Waals surface area (Å²) in [6.45, 7) is 0. The van der Waals surface area contributed by atoms with Crippen molar-refractivity contribution in [2.24, 2.45) is 0 Å². The van der Waals surface area contributed by atoms with Gasteiger partial charge in [0, 0.05) is 11.1 Å². The van der Waals surface area contributed by atoms with Crippen LogP contribution >= 0.6 is 8.15 Å². The first-order valence-electron chi connectivity index (χ1n) is 7.06. The average molecular weight is 324 g/mol. The smallest absolute Gasteiger partial charge is 0.159 e. The number of hydrogen-bond acceptors (Lipinski definition) is 4. The summed E-state index contributed by atoms with van der Waals surface area (Å²) in [5.74, 6) is 0.882. The highest BCUT2D eigenvalue weighted by molar-refractivity contribution is 7.69. The molecule has 1 heterocycles. The van der Waals surface area contributed by atoms with Gasteiger partial charge >= 0.3 is 0 Å². The number of fused-ring (bicyclic) bond motifs is 3. The summed E-state index contributed by atoms with van der Waals surface area (Å²) < 4.78 is 6.09. The van der Waals surface area contributed by atoms with Crippen molar-refractivity contribution in [2.75, 3.05) is 0 Å². The summed E-state index contributed by atoms with van der Waals surface area (Å²) in [7, 11) is -1.49. The fraction of sp³-hybridized carbons (Fsp3) is 0. The molecule has 0 bridgehead atoms. The first-order chi connectivity index (χ1) is 11.1. The predicted molar refractivity (Wildman–Crippen MR) is 90.1 cm³/mol. The number of phenols is 3. The van der Waals surface area contributed by atoms with Crippen molar-refractivity contribution >= 4 is 18.8 Å². The van der Waals surface area contributed by atoms with Crippen molar-refractivity contribution in [3.8, 4) is 34.1 Å². The summed E-state index contributed by atoms with van der Waals surface area (Å²) in [6.07, 6.45) is 0. The van der Waals surface area contributed by atoms with E-state index in [0.717, 1.165) is 11.1 Å². The zero-order valence-electron chi connectivity index (χ0n) is 12.0. The summed E-state index contributed by atoms with van der Waals surface area (Å²) in [4.78, 5) is 0. The molecular formula is C18H13O4P. The van der Waals surface area contributed by atoms with Crippen molar-refractivity contribution in [1.29, 1.82) is 0 Å². The number of phenolic OH excluding ortho intramolecular Hbond substituents is 3. The summed E-state index contributed by atoms with van der Waals surface area (Å²) in [5, 5.41) is 31.4. The van der Waals surface area contributed by atoms with Crippen molar-refractivity contribution in [1.82, 2.24) is 0 Å². The molecule has 0 saturated heterocycles. The number of hydrogen-bond donors (Lipinski definition) is 3. The maximum Gasteiger partial charge on any atom is 0.159 e. The lowest BCUT2D eigenvalue weighted by Gasteiger charge is -2.29. The standard InChI is InChI=1S/C18H13O4P/c19-11-8-9-14(20)17(10-11)23-18-13(5-3-6-15(18)21)12-4-1-2-7-16(12)22-23/h1-10,19-21H. The Morgan fingerprint density at radius 3 is 2.39 bits per heavy atom. The van der Waals surface area contributed by atoms with Crippen LogP contribution in [0.2, 0.25) is 0 Å². The van der Waals surface area contributed by atoms with Gasteiger partial charge in [0.2, 0.25) is 0 Å². The van der Waals surface area contributed by atoms with Crippen LogP contribution in [0.3, 0.4) is 0 Å². The largest absolute Gasteiger partial charge is 0.508 e. The normalized spacial score (nSPS) is 15.4. The number of rotatable bonds is 1. The number of aromatic hydroxyl groups is 3. The van der Waals surface area contributed by atoms with E-state index < -0.39 is 8.15 Å². The van der Waals surface area contributed by atoms with Crippen LogP contribution in [0.15, 0.2) is 60.7 Å². The molecule has 0 saturated carbocycles. The molecule has 3 aromatic carbocycles. The second-order valence-electron chi connectivity index (χ2n) is 5.23. The molecule has 1 unspecified atom stereocenters. The fourth-order valence-corrected chi connectivity index (χ4v) is 4.73.